The average molecular weight is 263 g/mol. The standard InChI is InChI=1S/C15H19ClN2/c1-18-10-12(9-11-5-7-17-8-6-11)13-3-2-4-14(16)15(13)18/h2-4,10-11,17H,5-9H2,1H3. The number of para-hydroxylation sites is 1. The van der Waals surface area contributed by atoms with Gasteiger partial charge in [0.15, 0.2) is 0 Å². The Labute approximate surface area is 113 Å². The van der Waals surface area contributed by atoms with E-state index in [9.17, 15) is 0 Å². The van der Waals surface area contributed by atoms with E-state index in [0.717, 1.165) is 24.0 Å². The second-order valence-corrected chi connectivity index (χ2v) is 5.71. The van der Waals surface area contributed by atoms with E-state index in [-0.39, 0.29) is 0 Å². The Morgan fingerprint density at radius 1 is 1.33 bits per heavy atom. The molecule has 3 heteroatoms. The first-order valence-corrected chi connectivity index (χ1v) is 7.06. The molecule has 0 atom stereocenters. The van der Waals surface area contributed by atoms with Crippen molar-refractivity contribution < 1.29 is 0 Å². The van der Waals surface area contributed by atoms with E-state index in [4.69, 9.17) is 11.6 Å². The molecule has 2 aromatic rings. The van der Waals surface area contributed by atoms with Crippen molar-refractivity contribution in [2.75, 3.05) is 13.1 Å². The van der Waals surface area contributed by atoms with E-state index in [1.54, 1.807) is 0 Å². The smallest absolute Gasteiger partial charge is 0.0669 e. The van der Waals surface area contributed by atoms with Crippen LogP contribution in [0.25, 0.3) is 10.9 Å². The lowest BCUT2D eigenvalue weighted by Crippen LogP contribution is -2.28. The molecule has 1 aromatic heterocycles. The van der Waals surface area contributed by atoms with Gasteiger partial charge >= 0.3 is 0 Å². The molecule has 1 aliphatic rings. The molecule has 0 amide bonds. The third kappa shape index (κ3) is 2.15. The molecule has 1 aromatic carbocycles. The largest absolute Gasteiger partial charge is 0.349 e. The molecule has 3 rings (SSSR count). The van der Waals surface area contributed by atoms with Crippen molar-refractivity contribution in [2.45, 2.75) is 19.3 Å². The Balaban J connectivity index is 1.94. The molecule has 1 fully saturated rings. The van der Waals surface area contributed by atoms with Gasteiger partial charge in [-0.15, -0.1) is 0 Å². The number of piperidine rings is 1. The normalized spacial score (nSPS) is 17.4. The molecule has 0 bridgehead atoms. The van der Waals surface area contributed by atoms with Crippen molar-refractivity contribution in [1.29, 1.82) is 0 Å². The molecular formula is C15H19ClN2. The molecule has 96 valence electrons. The van der Waals surface area contributed by atoms with Gasteiger partial charge in [-0.25, -0.2) is 0 Å². The van der Waals surface area contributed by atoms with Crippen molar-refractivity contribution in [3.05, 3.63) is 35.0 Å². The number of aromatic nitrogens is 1. The number of nitrogens with one attached hydrogen (secondary N) is 1. The highest BCUT2D eigenvalue weighted by molar-refractivity contribution is 6.35. The maximum Gasteiger partial charge on any atom is 0.0669 e. The van der Waals surface area contributed by atoms with E-state index in [0.29, 0.717) is 0 Å². The molecular weight excluding hydrogens is 244 g/mol. The topological polar surface area (TPSA) is 17.0 Å². The van der Waals surface area contributed by atoms with Gasteiger partial charge in [-0.05, 0) is 49.9 Å². The fourth-order valence-corrected chi connectivity index (χ4v) is 3.37. The molecule has 1 aliphatic heterocycles. The van der Waals surface area contributed by atoms with Crippen LogP contribution in [0.2, 0.25) is 5.02 Å². The molecule has 0 saturated carbocycles. The predicted octanol–water partition coefficient (Wildman–Crippen LogP) is 3.37. The van der Waals surface area contributed by atoms with E-state index < -0.39 is 0 Å². The van der Waals surface area contributed by atoms with E-state index in [1.807, 2.05) is 6.07 Å². The number of nitrogens with zero attached hydrogens (tertiary/aromatic N) is 1. The minimum absolute atomic E-state index is 0.816. The van der Waals surface area contributed by atoms with E-state index in [2.05, 4.69) is 35.3 Å². The Hall–Kier alpha value is -0.990. The Bertz CT molecular complexity index is 553. The van der Waals surface area contributed by atoms with Crippen LogP contribution in [0.4, 0.5) is 0 Å². The quantitative estimate of drug-likeness (QED) is 0.878. The zero-order valence-corrected chi connectivity index (χ0v) is 11.5. The summed E-state index contributed by atoms with van der Waals surface area (Å²) in [5.74, 6) is 0.816. The summed E-state index contributed by atoms with van der Waals surface area (Å²) < 4.78 is 2.16. The van der Waals surface area contributed by atoms with Gasteiger partial charge < -0.3 is 9.88 Å². The van der Waals surface area contributed by atoms with Gasteiger partial charge in [0.25, 0.3) is 0 Å². The SMILES string of the molecule is Cn1cc(CC2CCNCC2)c2cccc(Cl)c21. The predicted molar refractivity (Wildman–Crippen MR) is 77.2 cm³/mol. The molecule has 1 saturated heterocycles. The van der Waals surface area contributed by atoms with Crippen molar-refractivity contribution in [1.82, 2.24) is 9.88 Å². The monoisotopic (exact) mass is 262 g/mol. The first-order chi connectivity index (χ1) is 8.75. The summed E-state index contributed by atoms with van der Waals surface area (Å²) in [5, 5.41) is 5.60. The second-order valence-electron chi connectivity index (χ2n) is 5.30. The summed E-state index contributed by atoms with van der Waals surface area (Å²) in [6.07, 6.45) is 6.01. The van der Waals surface area contributed by atoms with Gasteiger partial charge in [-0.1, -0.05) is 23.7 Å². The lowest BCUT2D eigenvalue weighted by atomic mass is 9.91. The van der Waals surface area contributed by atoms with Gasteiger partial charge in [-0.2, -0.15) is 0 Å². The average Bonchev–Trinajstić information content (AvgIpc) is 2.69. The number of fused-ring (bicyclic) bond motifs is 1. The minimum Gasteiger partial charge on any atom is -0.349 e. The Morgan fingerprint density at radius 3 is 2.89 bits per heavy atom. The van der Waals surface area contributed by atoms with Crippen LogP contribution < -0.4 is 5.32 Å². The summed E-state index contributed by atoms with van der Waals surface area (Å²) in [6.45, 7) is 2.33. The highest BCUT2D eigenvalue weighted by Gasteiger charge is 2.17. The lowest BCUT2D eigenvalue weighted by molar-refractivity contribution is 0.373. The van der Waals surface area contributed by atoms with Crippen molar-refractivity contribution in [3.63, 3.8) is 0 Å². The summed E-state index contributed by atoms with van der Waals surface area (Å²) in [6, 6.07) is 6.21. The Kier molecular flexibility index (Phi) is 3.31. The van der Waals surface area contributed by atoms with Crippen LogP contribution >= 0.6 is 11.6 Å². The van der Waals surface area contributed by atoms with E-state index in [1.165, 1.54) is 35.7 Å². The van der Waals surface area contributed by atoms with Gasteiger partial charge in [-0.3, -0.25) is 0 Å². The third-order valence-electron chi connectivity index (χ3n) is 4.00. The first kappa shape index (κ1) is 12.1. The maximum atomic E-state index is 6.29. The minimum atomic E-state index is 0.816. The molecule has 0 spiro atoms. The van der Waals surface area contributed by atoms with Crippen LogP contribution in [-0.2, 0) is 13.5 Å². The van der Waals surface area contributed by atoms with E-state index >= 15 is 0 Å². The number of halogens is 1. The highest BCUT2D eigenvalue weighted by Crippen LogP contribution is 2.30. The molecule has 2 nitrogen and oxygen atoms in total. The number of rotatable bonds is 2. The summed E-state index contributed by atoms with van der Waals surface area (Å²) >= 11 is 6.29. The molecule has 1 N–H and O–H groups in total. The highest BCUT2D eigenvalue weighted by atomic mass is 35.5. The Morgan fingerprint density at radius 2 is 2.11 bits per heavy atom. The van der Waals surface area contributed by atoms with Gasteiger partial charge in [0.05, 0.1) is 10.5 Å². The summed E-state index contributed by atoms with van der Waals surface area (Å²) in [4.78, 5) is 0. The van der Waals surface area contributed by atoms with Crippen molar-refractivity contribution in [3.8, 4) is 0 Å². The number of benzene rings is 1. The van der Waals surface area contributed by atoms with Crippen LogP contribution in [0, 0.1) is 5.92 Å². The zero-order chi connectivity index (χ0) is 12.5. The van der Waals surface area contributed by atoms with Crippen LogP contribution in [0.15, 0.2) is 24.4 Å². The van der Waals surface area contributed by atoms with Crippen LogP contribution in [0.5, 0.6) is 0 Å². The fourth-order valence-electron chi connectivity index (χ4n) is 3.06. The van der Waals surface area contributed by atoms with Gasteiger partial charge in [0.1, 0.15) is 0 Å². The first-order valence-electron chi connectivity index (χ1n) is 6.69. The van der Waals surface area contributed by atoms with Crippen LogP contribution in [0.3, 0.4) is 0 Å². The zero-order valence-electron chi connectivity index (χ0n) is 10.7. The van der Waals surface area contributed by atoms with Crippen LogP contribution in [0.1, 0.15) is 18.4 Å². The van der Waals surface area contributed by atoms with Crippen molar-refractivity contribution >= 4 is 22.5 Å². The van der Waals surface area contributed by atoms with Crippen LogP contribution in [-0.4, -0.2) is 17.7 Å². The third-order valence-corrected chi connectivity index (χ3v) is 4.31. The summed E-state index contributed by atoms with van der Waals surface area (Å²) in [5.41, 5.74) is 2.62. The molecule has 18 heavy (non-hydrogen) atoms. The van der Waals surface area contributed by atoms with Gasteiger partial charge in [0, 0.05) is 18.6 Å². The second kappa shape index (κ2) is 4.94. The molecule has 0 radical (unpaired) electrons. The van der Waals surface area contributed by atoms with Crippen molar-refractivity contribution in [2.24, 2.45) is 13.0 Å². The molecule has 0 unspecified atom stereocenters. The number of aryl methyl sites for hydroxylation is 1. The van der Waals surface area contributed by atoms with Gasteiger partial charge in [0.2, 0.25) is 0 Å². The fraction of sp³-hybridized carbons (Fsp3) is 0.467. The summed E-state index contributed by atoms with van der Waals surface area (Å²) in [7, 11) is 2.08. The number of hydrogen-bond acceptors (Lipinski definition) is 1. The maximum absolute atomic E-state index is 6.29. The molecule has 2 heterocycles. The molecule has 0 aliphatic carbocycles. The number of hydrogen-bond donors (Lipinski definition) is 1. The lowest BCUT2D eigenvalue weighted by Gasteiger charge is -2.22.